The predicted octanol–water partition coefficient (Wildman–Crippen LogP) is 1.97. The van der Waals surface area contributed by atoms with Crippen LogP contribution in [0, 0.1) is 5.92 Å². The minimum atomic E-state index is 0.640. The lowest BCUT2D eigenvalue weighted by molar-refractivity contribution is 0.652. The monoisotopic (exact) mass is 154 g/mol. The van der Waals surface area contributed by atoms with E-state index < -0.39 is 0 Å². The number of aliphatic imine (C=N–C) groups is 1. The zero-order valence-corrected chi connectivity index (χ0v) is 7.89. The lowest BCUT2D eigenvalue weighted by atomic mass is 10.0. The van der Waals surface area contributed by atoms with Gasteiger partial charge in [-0.2, -0.15) is 0 Å². The topological polar surface area (TPSA) is 38.4 Å². The highest BCUT2D eigenvalue weighted by molar-refractivity contribution is 5.97. The molecule has 0 saturated heterocycles. The molecule has 0 heterocycles. The van der Waals surface area contributed by atoms with E-state index in [1.807, 2.05) is 6.92 Å². The van der Waals surface area contributed by atoms with E-state index in [9.17, 15) is 0 Å². The molecule has 0 amide bonds. The molecule has 0 aliphatic rings. The first-order valence-electron chi connectivity index (χ1n) is 3.96. The quantitative estimate of drug-likeness (QED) is 0.620. The number of nitrogens with zero attached hydrogens (tertiary/aromatic N) is 1. The van der Waals surface area contributed by atoms with Gasteiger partial charge in [0.25, 0.3) is 0 Å². The average molecular weight is 154 g/mol. The van der Waals surface area contributed by atoms with Crippen LogP contribution in [0.5, 0.6) is 0 Å². The SMILES string of the molecule is CN=C(C)C(=CN)CC(C)C. The molecule has 64 valence electrons. The second kappa shape index (κ2) is 4.94. The van der Waals surface area contributed by atoms with Crippen molar-refractivity contribution in [2.24, 2.45) is 16.6 Å². The van der Waals surface area contributed by atoms with Crippen LogP contribution < -0.4 is 5.73 Å². The minimum Gasteiger partial charge on any atom is -0.404 e. The Morgan fingerprint density at radius 1 is 1.55 bits per heavy atom. The Labute approximate surface area is 69.2 Å². The number of nitrogens with two attached hydrogens (primary N) is 1. The Morgan fingerprint density at radius 2 is 2.09 bits per heavy atom. The van der Waals surface area contributed by atoms with Crippen molar-refractivity contribution in [2.75, 3.05) is 7.05 Å². The number of allylic oxidation sites excluding steroid dienone is 1. The van der Waals surface area contributed by atoms with Gasteiger partial charge in [-0.3, -0.25) is 4.99 Å². The highest BCUT2D eigenvalue weighted by atomic mass is 14.7. The Kier molecular flexibility index (Phi) is 4.59. The maximum atomic E-state index is 5.45. The van der Waals surface area contributed by atoms with Crippen LogP contribution in [-0.4, -0.2) is 12.8 Å². The first-order valence-corrected chi connectivity index (χ1v) is 3.96. The van der Waals surface area contributed by atoms with Crippen molar-refractivity contribution in [3.05, 3.63) is 11.8 Å². The Morgan fingerprint density at radius 3 is 2.36 bits per heavy atom. The van der Waals surface area contributed by atoms with E-state index >= 15 is 0 Å². The predicted molar refractivity (Wildman–Crippen MR) is 50.8 cm³/mol. The summed E-state index contributed by atoms with van der Waals surface area (Å²) in [5, 5.41) is 0. The van der Waals surface area contributed by atoms with E-state index in [-0.39, 0.29) is 0 Å². The van der Waals surface area contributed by atoms with Gasteiger partial charge in [0.2, 0.25) is 0 Å². The Hall–Kier alpha value is -0.790. The molecule has 0 unspecified atom stereocenters. The fourth-order valence-corrected chi connectivity index (χ4v) is 0.920. The summed E-state index contributed by atoms with van der Waals surface area (Å²) in [5.41, 5.74) is 7.65. The number of hydrogen-bond donors (Lipinski definition) is 1. The summed E-state index contributed by atoms with van der Waals surface area (Å²) in [5.74, 6) is 0.640. The Balaban J connectivity index is 4.21. The summed E-state index contributed by atoms with van der Waals surface area (Å²) < 4.78 is 0. The minimum absolute atomic E-state index is 0.640. The van der Waals surface area contributed by atoms with Gasteiger partial charge in [-0.25, -0.2) is 0 Å². The summed E-state index contributed by atoms with van der Waals surface area (Å²) in [4.78, 5) is 4.08. The summed E-state index contributed by atoms with van der Waals surface area (Å²) in [6, 6.07) is 0. The maximum absolute atomic E-state index is 5.45. The van der Waals surface area contributed by atoms with E-state index in [1.165, 1.54) is 0 Å². The summed E-state index contributed by atoms with van der Waals surface area (Å²) in [7, 11) is 1.79. The third kappa shape index (κ3) is 3.81. The third-order valence-corrected chi connectivity index (χ3v) is 1.63. The van der Waals surface area contributed by atoms with Crippen molar-refractivity contribution < 1.29 is 0 Å². The fourth-order valence-electron chi connectivity index (χ4n) is 0.920. The largest absolute Gasteiger partial charge is 0.404 e. The molecule has 0 aromatic carbocycles. The number of hydrogen-bond acceptors (Lipinski definition) is 2. The van der Waals surface area contributed by atoms with Gasteiger partial charge in [-0.05, 0) is 31.0 Å². The van der Waals surface area contributed by atoms with Crippen LogP contribution >= 0.6 is 0 Å². The molecule has 0 fully saturated rings. The summed E-state index contributed by atoms with van der Waals surface area (Å²) in [6.07, 6.45) is 2.67. The molecular weight excluding hydrogens is 136 g/mol. The van der Waals surface area contributed by atoms with E-state index in [2.05, 4.69) is 18.8 Å². The van der Waals surface area contributed by atoms with Crippen molar-refractivity contribution in [2.45, 2.75) is 27.2 Å². The van der Waals surface area contributed by atoms with Gasteiger partial charge >= 0.3 is 0 Å². The van der Waals surface area contributed by atoms with Crippen molar-refractivity contribution in [3.63, 3.8) is 0 Å². The second-order valence-electron chi connectivity index (χ2n) is 3.10. The van der Waals surface area contributed by atoms with Gasteiger partial charge in [-0.15, -0.1) is 0 Å². The van der Waals surface area contributed by atoms with Crippen LogP contribution in [0.4, 0.5) is 0 Å². The highest BCUT2D eigenvalue weighted by Gasteiger charge is 2.02. The molecule has 0 aliphatic carbocycles. The van der Waals surface area contributed by atoms with Gasteiger partial charge in [0, 0.05) is 12.8 Å². The van der Waals surface area contributed by atoms with Crippen LogP contribution in [0.15, 0.2) is 16.8 Å². The molecule has 2 heteroatoms. The lowest BCUT2D eigenvalue weighted by Gasteiger charge is -2.07. The summed E-state index contributed by atoms with van der Waals surface area (Å²) in [6.45, 7) is 6.33. The zero-order valence-electron chi connectivity index (χ0n) is 7.89. The first-order chi connectivity index (χ1) is 5.11. The molecule has 0 saturated carbocycles. The van der Waals surface area contributed by atoms with Crippen molar-refractivity contribution in [3.8, 4) is 0 Å². The first kappa shape index (κ1) is 10.2. The molecule has 0 atom stereocenters. The molecule has 0 aliphatic heterocycles. The molecule has 0 radical (unpaired) electrons. The van der Waals surface area contributed by atoms with Gasteiger partial charge in [0.1, 0.15) is 0 Å². The standard InChI is InChI=1S/C9H18N2/c1-7(2)5-9(6-10)8(3)11-4/h6-7H,5,10H2,1-4H3. The van der Waals surface area contributed by atoms with Gasteiger partial charge in [-0.1, -0.05) is 13.8 Å². The fraction of sp³-hybridized carbons (Fsp3) is 0.667. The molecule has 0 rings (SSSR count). The van der Waals surface area contributed by atoms with E-state index in [0.717, 1.165) is 17.7 Å². The van der Waals surface area contributed by atoms with E-state index in [0.29, 0.717) is 5.92 Å². The van der Waals surface area contributed by atoms with Crippen LogP contribution in [0.1, 0.15) is 27.2 Å². The van der Waals surface area contributed by atoms with Crippen LogP contribution in [-0.2, 0) is 0 Å². The van der Waals surface area contributed by atoms with Gasteiger partial charge in [0.15, 0.2) is 0 Å². The van der Waals surface area contributed by atoms with Crippen LogP contribution in [0.25, 0.3) is 0 Å². The molecule has 0 spiro atoms. The maximum Gasteiger partial charge on any atom is 0.0360 e. The van der Waals surface area contributed by atoms with Gasteiger partial charge in [0.05, 0.1) is 0 Å². The molecule has 2 nitrogen and oxygen atoms in total. The zero-order chi connectivity index (χ0) is 8.85. The summed E-state index contributed by atoms with van der Waals surface area (Å²) >= 11 is 0. The molecule has 0 aromatic heterocycles. The molecular formula is C9H18N2. The van der Waals surface area contributed by atoms with Crippen molar-refractivity contribution >= 4 is 5.71 Å². The highest BCUT2D eigenvalue weighted by Crippen LogP contribution is 2.10. The number of rotatable bonds is 3. The third-order valence-electron chi connectivity index (χ3n) is 1.63. The van der Waals surface area contributed by atoms with Crippen molar-refractivity contribution in [1.29, 1.82) is 0 Å². The normalized spacial score (nSPS) is 14.3. The molecule has 0 bridgehead atoms. The van der Waals surface area contributed by atoms with Crippen molar-refractivity contribution in [1.82, 2.24) is 0 Å². The lowest BCUT2D eigenvalue weighted by Crippen LogP contribution is -2.03. The Bertz CT molecular complexity index is 166. The van der Waals surface area contributed by atoms with Crippen LogP contribution in [0.2, 0.25) is 0 Å². The van der Waals surface area contributed by atoms with E-state index in [4.69, 9.17) is 5.73 Å². The average Bonchev–Trinajstić information content (AvgIpc) is 1.98. The second-order valence-corrected chi connectivity index (χ2v) is 3.10. The smallest absolute Gasteiger partial charge is 0.0360 e. The molecule has 11 heavy (non-hydrogen) atoms. The van der Waals surface area contributed by atoms with E-state index in [1.54, 1.807) is 13.2 Å². The molecule has 0 aromatic rings. The van der Waals surface area contributed by atoms with Gasteiger partial charge < -0.3 is 5.73 Å². The molecule has 2 N–H and O–H groups in total. The van der Waals surface area contributed by atoms with Crippen LogP contribution in [0.3, 0.4) is 0 Å².